The molecule has 0 atom stereocenters. The summed E-state index contributed by atoms with van der Waals surface area (Å²) in [4.78, 5) is 26.5. The molecule has 5 nitrogen and oxygen atoms in total. The van der Waals surface area contributed by atoms with Crippen molar-refractivity contribution in [2.24, 2.45) is 0 Å². The van der Waals surface area contributed by atoms with E-state index in [0.717, 1.165) is 16.7 Å². The Bertz CT molecular complexity index is 931. The zero-order chi connectivity index (χ0) is 18.8. The molecular weight excluding hydrogens is 442 g/mol. The second-order valence-electron chi connectivity index (χ2n) is 5.23. The summed E-state index contributed by atoms with van der Waals surface area (Å²) in [5.41, 5.74) is 1.13. The summed E-state index contributed by atoms with van der Waals surface area (Å²) in [6.07, 6.45) is 1.64. The van der Waals surface area contributed by atoms with Gasteiger partial charge in [-0.15, -0.1) is 0 Å². The predicted molar refractivity (Wildman–Crippen MR) is 107 cm³/mol. The molecule has 1 aliphatic rings. The summed E-state index contributed by atoms with van der Waals surface area (Å²) in [5, 5.41) is 0.0771. The second-order valence-corrected chi connectivity index (χ2v) is 7.51. The maximum absolute atomic E-state index is 12.7. The van der Waals surface area contributed by atoms with Gasteiger partial charge in [0.1, 0.15) is 0 Å². The van der Waals surface area contributed by atoms with Crippen LogP contribution in [0.15, 0.2) is 45.8 Å². The summed E-state index contributed by atoms with van der Waals surface area (Å²) in [5.74, 6) is 0.684. The number of rotatable bonds is 4. The van der Waals surface area contributed by atoms with Gasteiger partial charge < -0.3 is 9.47 Å². The molecule has 3 rings (SSSR count). The zero-order valence-electron chi connectivity index (χ0n) is 13.8. The molecule has 2 aromatic rings. The summed E-state index contributed by atoms with van der Waals surface area (Å²) in [6.45, 7) is 0. The Morgan fingerprint density at radius 1 is 1.12 bits per heavy atom. The molecule has 0 saturated carbocycles. The standard InChI is InChI=1S/C18H13BrClNO4S/c1-24-14-6-10(13(19)9-15(14)25-2)7-16-17(22)21(18(23)26-16)12-5-3-4-11(20)8-12/h3-9H,1-2H3/b16-7+. The molecule has 1 fully saturated rings. The Labute approximate surface area is 168 Å². The van der Waals surface area contributed by atoms with E-state index in [9.17, 15) is 9.59 Å². The number of amides is 2. The van der Waals surface area contributed by atoms with E-state index in [1.807, 2.05) is 0 Å². The quantitative estimate of drug-likeness (QED) is 0.582. The molecule has 1 heterocycles. The molecule has 0 bridgehead atoms. The van der Waals surface area contributed by atoms with E-state index in [-0.39, 0.29) is 5.24 Å². The van der Waals surface area contributed by atoms with Gasteiger partial charge in [-0.2, -0.15) is 0 Å². The molecule has 0 spiro atoms. The third kappa shape index (κ3) is 3.60. The number of halogens is 2. The normalized spacial score (nSPS) is 15.7. The first-order valence-electron chi connectivity index (χ1n) is 7.39. The number of hydrogen-bond acceptors (Lipinski definition) is 5. The highest BCUT2D eigenvalue weighted by Crippen LogP contribution is 2.39. The molecule has 0 aliphatic carbocycles. The maximum Gasteiger partial charge on any atom is 0.298 e. The highest BCUT2D eigenvalue weighted by atomic mass is 79.9. The minimum Gasteiger partial charge on any atom is -0.493 e. The first kappa shape index (κ1) is 18.8. The van der Waals surface area contributed by atoms with Crippen LogP contribution in [0, 0.1) is 0 Å². The van der Waals surface area contributed by atoms with Gasteiger partial charge in [0.2, 0.25) is 0 Å². The number of hydrogen-bond donors (Lipinski definition) is 0. The van der Waals surface area contributed by atoms with Crippen molar-refractivity contribution in [3.8, 4) is 11.5 Å². The van der Waals surface area contributed by atoms with Crippen molar-refractivity contribution in [1.29, 1.82) is 0 Å². The Hall–Kier alpha value is -1.96. The van der Waals surface area contributed by atoms with Crippen LogP contribution in [0.25, 0.3) is 6.08 Å². The van der Waals surface area contributed by atoms with Crippen LogP contribution in [0.5, 0.6) is 11.5 Å². The van der Waals surface area contributed by atoms with Crippen molar-refractivity contribution in [3.05, 3.63) is 56.4 Å². The summed E-state index contributed by atoms with van der Waals surface area (Å²) in [6, 6.07) is 10.1. The number of thioether (sulfide) groups is 1. The highest BCUT2D eigenvalue weighted by Gasteiger charge is 2.36. The van der Waals surface area contributed by atoms with Gasteiger partial charge >= 0.3 is 0 Å². The van der Waals surface area contributed by atoms with Gasteiger partial charge in [0.15, 0.2) is 11.5 Å². The van der Waals surface area contributed by atoms with Crippen LogP contribution in [0.4, 0.5) is 10.5 Å². The van der Waals surface area contributed by atoms with Crippen molar-refractivity contribution in [3.63, 3.8) is 0 Å². The van der Waals surface area contributed by atoms with Crippen molar-refractivity contribution in [1.82, 2.24) is 0 Å². The number of carbonyl (C=O) groups is 2. The predicted octanol–water partition coefficient (Wildman–Crippen LogP) is 5.36. The molecule has 0 radical (unpaired) electrons. The molecule has 1 saturated heterocycles. The SMILES string of the molecule is COc1cc(Br)c(/C=C2/SC(=O)N(c3cccc(Cl)c3)C2=O)cc1OC. The number of nitrogens with zero attached hydrogens (tertiary/aromatic N) is 1. The number of benzene rings is 2. The van der Waals surface area contributed by atoms with Crippen LogP contribution in [-0.4, -0.2) is 25.4 Å². The van der Waals surface area contributed by atoms with Crippen LogP contribution >= 0.6 is 39.3 Å². The van der Waals surface area contributed by atoms with Crippen LogP contribution in [0.3, 0.4) is 0 Å². The van der Waals surface area contributed by atoms with E-state index in [1.165, 1.54) is 7.11 Å². The topological polar surface area (TPSA) is 55.8 Å². The smallest absolute Gasteiger partial charge is 0.298 e. The lowest BCUT2D eigenvalue weighted by Gasteiger charge is -2.12. The lowest BCUT2D eigenvalue weighted by atomic mass is 10.1. The third-order valence-electron chi connectivity index (χ3n) is 3.65. The molecule has 2 amide bonds. The van der Waals surface area contributed by atoms with Crippen LogP contribution in [0.1, 0.15) is 5.56 Å². The first-order chi connectivity index (χ1) is 12.4. The number of carbonyl (C=O) groups excluding carboxylic acids is 2. The monoisotopic (exact) mass is 453 g/mol. The van der Waals surface area contributed by atoms with Gasteiger partial charge in [0.05, 0.1) is 24.8 Å². The van der Waals surface area contributed by atoms with Gasteiger partial charge in [-0.1, -0.05) is 33.6 Å². The van der Waals surface area contributed by atoms with Crippen LogP contribution in [-0.2, 0) is 4.79 Å². The first-order valence-corrected chi connectivity index (χ1v) is 9.38. The van der Waals surface area contributed by atoms with Gasteiger partial charge in [-0.25, -0.2) is 4.90 Å². The van der Waals surface area contributed by atoms with Crippen molar-refractivity contribution in [2.45, 2.75) is 0 Å². The summed E-state index contributed by atoms with van der Waals surface area (Å²) < 4.78 is 11.2. The fourth-order valence-electron chi connectivity index (χ4n) is 2.43. The largest absolute Gasteiger partial charge is 0.493 e. The van der Waals surface area contributed by atoms with Gasteiger partial charge in [0.25, 0.3) is 11.1 Å². The molecule has 8 heteroatoms. The average molecular weight is 455 g/mol. The van der Waals surface area contributed by atoms with E-state index in [1.54, 1.807) is 49.6 Å². The lowest BCUT2D eigenvalue weighted by Crippen LogP contribution is -2.27. The maximum atomic E-state index is 12.7. The molecule has 0 unspecified atom stereocenters. The van der Waals surface area contributed by atoms with E-state index in [0.29, 0.717) is 37.2 Å². The zero-order valence-corrected chi connectivity index (χ0v) is 16.9. The van der Waals surface area contributed by atoms with Crippen LogP contribution < -0.4 is 14.4 Å². The molecule has 1 aliphatic heterocycles. The van der Waals surface area contributed by atoms with E-state index in [4.69, 9.17) is 21.1 Å². The van der Waals surface area contributed by atoms with E-state index >= 15 is 0 Å². The lowest BCUT2D eigenvalue weighted by molar-refractivity contribution is -0.113. The highest BCUT2D eigenvalue weighted by molar-refractivity contribution is 9.10. The third-order valence-corrected chi connectivity index (χ3v) is 5.44. The average Bonchev–Trinajstić information content (AvgIpc) is 2.89. The van der Waals surface area contributed by atoms with Crippen molar-refractivity contribution >= 4 is 62.2 Å². The summed E-state index contributed by atoms with van der Waals surface area (Å²) >= 11 is 10.3. The van der Waals surface area contributed by atoms with E-state index < -0.39 is 5.91 Å². The van der Waals surface area contributed by atoms with Crippen LogP contribution in [0.2, 0.25) is 5.02 Å². The van der Waals surface area contributed by atoms with E-state index in [2.05, 4.69) is 15.9 Å². The number of ether oxygens (including phenoxy) is 2. The second kappa shape index (κ2) is 7.73. The fourth-order valence-corrected chi connectivity index (χ4v) is 3.88. The Kier molecular flexibility index (Phi) is 5.60. The molecule has 2 aromatic carbocycles. The Balaban J connectivity index is 1.98. The number of methoxy groups -OCH3 is 2. The molecule has 134 valence electrons. The van der Waals surface area contributed by atoms with Gasteiger partial charge in [-0.3, -0.25) is 9.59 Å². The fraction of sp³-hybridized carbons (Fsp3) is 0.111. The van der Waals surface area contributed by atoms with Crippen molar-refractivity contribution in [2.75, 3.05) is 19.1 Å². The Morgan fingerprint density at radius 3 is 2.46 bits per heavy atom. The Morgan fingerprint density at radius 2 is 1.81 bits per heavy atom. The minimum atomic E-state index is -0.399. The molecule has 26 heavy (non-hydrogen) atoms. The molecule has 0 N–H and O–H groups in total. The minimum absolute atomic E-state index is 0.308. The van der Waals surface area contributed by atoms with Gasteiger partial charge in [0, 0.05) is 9.50 Å². The number of imide groups is 1. The summed E-state index contributed by atoms with van der Waals surface area (Å²) in [7, 11) is 3.07. The molecular formula is C18H13BrClNO4S. The molecule has 0 aromatic heterocycles. The van der Waals surface area contributed by atoms with Gasteiger partial charge in [-0.05, 0) is 53.7 Å². The van der Waals surface area contributed by atoms with Crippen molar-refractivity contribution < 1.29 is 19.1 Å². The number of anilines is 1.